The van der Waals surface area contributed by atoms with Crippen LogP contribution in [0.25, 0.3) is 0 Å². The Balaban J connectivity index is 1.76. The van der Waals surface area contributed by atoms with Gasteiger partial charge in [0.25, 0.3) is 5.91 Å². The zero-order valence-corrected chi connectivity index (χ0v) is 14.3. The highest BCUT2D eigenvalue weighted by atomic mass is 16.2. The lowest BCUT2D eigenvalue weighted by atomic mass is 10.1. The van der Waals surface area contributed by atoms with Crippen molar-refractivity contribution in [2.24, 2.45) is 17.3 Å². The summed E-state index contributed by atoms with van der Waals surface area (Å²) in [5.41, 5.74) is 3.77. The Bertz CT molecular complexity index is 944. The van der Waals surface area contributed by atoms with Gasteiger partial charge in [0, 0.05) is 25.1 Å². The fraction of sp³-hybridized carbons (Fsp3) is 0.167. The molecule has 2 aromatic heterocycles. The molecule has 0 unspecified atom stereocenters. The summed E-state index contributed by atoms with van der Waals surface area (Å²) in [4.78, 5) is 16.4. The van der Waals surface area contributed by atoms with Gasteiger partial charge in [-0.1, -0.05) is 6.07 Å². The minimum absolute atomic E-state index is 0.207. The first-order valence-electron chi connectivity index (χ1n) is 7.78. The first-order chi connectivity index (χ1) is 12.0. The van der Waals surface area contributed by atoms with Crippen LogP contribution in [-0.2, 0) is 7.05 Å². The Morgan fingerprint density at radius 3 is 2.60 bits per heavy atom. The SMILES string of the molecule is Cc1cc(N=Nc2ncccc2C)ccc1NC(=O)c1ccnn1C. The van der Waals surface area contributed by atoms with Crippen LogP contribution in [0.2, 0.25) is 0 Å². The highest BCUT2D eigenvalue weighted by Gasteiger charge is 2.11. The van der Waals surface area contributed by atoms with Gasteiger partial charge >= 0.3 is 0 Å². The number of hydrogen-bond acceptors (Lipinski definition) is 5. The first-order valence-corrected chi connectivity index (χ1v) is 7.78. The Kier molecular flexibility index (Phi) is 4.65. The van der Waals surface area contributed by atoms with Crippen molar-refractivity contribution >= 4 is 23.1 Å². The van der Waals surface area contributed by atoms with Gasteiger partial charge in [-0.15, -0.1) is 10.2 Å². The highest BCUT2D eigenvalue weighted by Crippen LogP contribution is 2.24. The molecule has 0 fully saturated rings. The van der Waals surface area contributed by atoms with Crippen LogP contribution in [0.3, 0.4) is 0 Å². The van der Waals surface area contributed by atoms with Crippen LogP contribution in [0.5, 0.6) is 0 Å². The second-order valence-corrected chi connectivity index (χ2v) is 5.64. The van der Waals surface area contributed by atoms with E-state index in [9.17, 15) is 4.79 Å². The zero-order chi connectivity index (χ0) is 17.8. The van der Waals surface area contributed by atoms with Gasteiger partial charge in [-0.3, -0.25) is 9.48 Å². The summed E-state index contributed by atoms with van der Waals surface area (Å²) in [5.74, 6) is 0.385. The molecule has 1 N–H and O–H groups in total. The number of carbonyl (C=O) groups is 1. The largest absolute Gasteiger partial charge is 0.320 e. The number of rotatable bonds is 4. The Hall–Kier alpha value is -3.35. The molecule has 1 aromatic carbocycles. The minimum atomic E-state index is -0.207. The average Bonchev–Trinajstić information content (AvgIpc) is 3.02. The van der Waals surface area contributed by atoms with Gasteiger partial charge in [-0.05, 0) is 55.3 Å². The summed E-state index contributed by atoms with van der Waals surface area (Å²) in [6.07, 6.45) is 3.27. The summed E-state index contributed by atoms with van der Waals surface area (Å²) < 4.78 is 1.53. The number of aromatic nitrogens is 3. The third-order valence-corrected chi connectivity index (χ3v) is 3.75. The summed E-state index contributed by atoms with van der Waals surface area (Å²) in [6.45, 7) is 3.84. The minimum Gasteiger partial charge on any atom is -0.320 e. The number of benzene rings is 1. The van der Waals surface area contributed by atoms with Gasteiger partial charge in [0.15, 0.2) is 5.82 Å². The first kappa shape index (κ1) is 16.5. The van der Waals surface area contributed by atoms with Gasteiger partial charge in [0.2, 0.25) is 0 Å². The standard InChI is InChI=1S/C18H18N6O/c1-12-5-4-9-19-17(12)23-22-14-6-7-15(13(2)11-14)21-18(25)16-8-10-20-24(16)3/h4-11H,1-3H3,(H,21,25). The summed E-state index contributed by atoms with van der Waals surface area (Å²) in [5, 5.41) is 15.3. The number of amides is 1. The molecule has 7 nitrogen and oxygen atoms in total. The van der Waals surface area contributed by atoms with Gasteiger partial charge in [0.05, 0.1) is 5.69 Å². The number of azo groups is 1. The monoisotopic (exact) mass is 334 g/mol. The molecule has 2 heterocycles. The molecule has 0 aliphatic rings. The molecule has 0 bridgehead atoms. The summed E-state index contributed by atoms with van der Waals surface area (Å²) in [6, 6.07) is 10.9. The second-order valence-electron chi connectivity index (χ2n) is 5.64. The van der Waals surface area contributed by atoms with E-state index < -0.39 is 0 Å². The van der Waals surface area contributed by atoms with Crippen LogP contribution in [0, 0.1) is 13.8 Å². The van der Waals surface area contributed by atoms with E-state index in [1.165, 1.54) is 4.68 Å². The van der Waals surface area contributed by atoms with E-state index in [1.807, 2.05) is 38.1 Å². The molecule has 0 saturated carbocycles. The number of hydrogen-bond donors (Lipinski definition) is 1. The number of carbonyl (C=O) groups excluding carboxylic acids is 1. The quantitative estimate of drug-likeness (QED) is 0.729. The fourth-order valence-electron chi connectivity index (χ4n) is 2.32. The van der Waals surface area contributed by atoms with Crippen molar-refractivity contribution in [3.63, 3.8) is 0 Å². The van der Waals surface area contributed by atoms with Crippen LogP contribution in [-0.4, -0.2) is 20.7 Å². The predicted octanol–water partition coefficient (Wildman–Crippen LogP) is 4.10. The summed E-state index contributed by atoms with van der Waals surface area (Å²) in [7, 11) is 1.73. The van der Waals surface area contributed by atoms with E-state index in [2.05, 4.69) is 25.6 Å². The van der Waals surface area contributed by atoms with E-state index in [0.717, 1.165) is 16.8 Å². The molecule has 0 aliphatic carbocycles. The van der Waals surface area contributed by atoms with E-state index in [0.29, 0.717) is 17.2 Å². The number of anilines is 1. The molecular formula is C18H18N6O. The van der Waals surface area contributed by atoms with Crippen molar-refractivity contribution in [1.29, 1.82) is 0 Å². The van der Waals surface area contributed by atoms with Gasteiger partial charge < -0.3 is 5.32 Å². The van der Waals surface area contributed by atoms with Crippen molar-refractivity contribution in [1.82, 2.24) is 14.8 Å². The molecule has 0 aliphatic heterocycles. The lowest BCUT2D eigenvalue weighted by Gasteiger charge is -2.09. The van der Waals surface area contributed by atoms with Crippen LogP contribution in [0.1, 0.15) is 21.6 Å². The second kappa shape index (κ2) is 7.04. The Morgan fingerprint density at radius 2 is 1.92 bits per heavy atom. The van der Waals surface area contributed by atoms with Crippen LogP contribution >= 0.6 is 0 Å². The van der Waals surface area contributed by atoms with E-state index >= 15 is 0 Å². The lowest BCUT2D eigenvalue weighted by Crippen LogP contribution is -2.16. The molecule has 126 valence electrons. The maximum absolute atomic E-state index is 12.3. The molecule has 0 atom stereocenters. The van der Waals surface area contributed by atoms with Gasteiger partial charge in [-0.25, -0.2) is 4.98 Å². The average molecular weight is 334 g/mol. The number of nitrogens with one attached hydrogen (secondary N) is 1. The van der Waals surface area contributed by atoms with Gasteiger partial charge in [0.1, 0.15) is 5.69 Å². The van der Waals surface area contributed by atoms with E-state index in [4.69, 9.17) is 0 Å². The maximum Gasteiger partial charge on any atom is 0.273 e. The molecule has 7 heteroatoms. The van der Waals surface area contributed by atoms with Crippen molar-refractivity contribution in [3.05, 3.63) is 65.6 Å². The Morgan fingerprint density at radius 1 is 1.08 bits per heavy atom. The normalized spacial score (nSPS) is 11.0. The number of nitrogens with zero attached hydrogens (tertiary/aromatic N) is 5. The van der Waals surface area contributed by atoms with Gasteiger partial charge in [-0.2, -0.15) is 5.10 Å². The number of pyridine rings is 1. The molecule has 1 amide bonds. The summed E-state index contributed by atoms with van der Waals surface area (Å²) >= 11 is 0. The van der Waals surface area contributed by atoms with Crippen molar-refractivity contribution < 1.29 is 4.79 Å². The van der Waals surface area contributed by atoms with Crippen LogP contribution < -0.4 is 5.32 Å². The maximum atomic E-state index is 12.3. The highest BCUT2D eigenvalue weighted by molar-refractivity contribution is 6.03. The lowest BCUT2D eigenvalue weighted by molar-refractivity contribution is 0.101. The van der Waals surface area contributed by atoms with Crippen molar-refractivity contribution in [3.8, 4) is 0 Å². The van der Waals surface area contributed by atoms with Crippen molar-refractivity contribution in [2.45, 2.75) is 13.8 Å². The molecular weight excluding hydrogens is 316 g/mol. The van der Waals surface area contributed by atoms with Crippen LogP contribution in [0.4, 0.5) is 17.2 Å². The smallest absolute Gasteiger partial charge is 0.273 e. The third-order valence-electron chi connectivity index (χ3n) is 3.75. The zero-order valence-electron chi connectivity index (χ0n) is 14.3. The molecule has 3 rings (SSSR count). The van der Waals surface area contributed by atoms with Crippen molar-refractivity contribution in [2.75, 3.05) is 5.32 Å². The molecule has 0 radical (unpaired) electrons. The molecule has 25 heavy (non-hydrogen) atoms. The number of aryl methyl sites for hydroxylation is 3. The predicted molar refractivity (Wildman–Crippen MR) is 95.5 cm³/mol. The Labute approximate surface area is 145 Å². The molecule has 0 spiro atoms. The van der Waals surface area contributed by atoms with Crippen LogP contribution in [0.15, 0.2) is 59.0 Å². The van der Waals surface area contributed by atoms with E-state index in [1.54, 1.807) is 31.6 Å². The van der Waals surface area contributed by atoms with E-state index in [-0.39, 0.29) is 5.91 Å². The molecule has 0 saturated heterocycles. The third kappa shape index (κ3) is 3.77. The fourth-order valence-corrected chi connectivity index (χ4v) is 2.32. The molecule has 3 aromatic rings. The topological polar surface area (TPSA) is 84.5 Å².